The number of hydrogen-bond acceptors (Lipinski definition) is 3. The molecule has 1 aromatic rings. The summed E-state index contributed by atoms with van der Waals surface area (Å²) in [6.07, 6.45) is 0. The number of carbonyl (C=O) groups is 2. The Morgan fingerprint density at radius 2 is 2.10 bits per heavy atom. The molecule has 0 spiro atoms. The Labute approximate surface area is 125 Å². The van der Waals surface area contributed by atoms with Crippen molar-refractivity contribution in [1.82, 2.24) is 10.2 Å². The lowest BCUT2D eigenvalue weighted by Gasteiger charge is -2.17. The molecule has 0 aromatic heterocycles. The van der Waals surface area contributed by atoms with Crippen molar-refractivity contribution >= 4 is 11.8 Å². The first-order valence-electron chi connectivity index (χ1n) is 6.72. The van der Waals surface area contributed by atoms with E-state index in [0.717, 1.165) is 11.1 Å². The number of aliphatic hydroxyl groups is 1. The number of nitrogens with zero attached hydrogens (tertiary/aromatic N) is 1. The zero-order valence-corrected chi connectivity index (χ0v) is 12.6. The Morgan fingerprint density at radius 3 is 2.67 bits per heavy atom. The van der Waals surface area contributed by atoms with Gasteiger partial charge in [-0.1, -0.05) is 11.8 Å². The number of aliphatic hydroxyl groups excluding tert-OH is 1. The van der Waals surface area contributed by atoms with E-state index in [4.69, 9.17) is 5.11 Å². The van der Waals surface area contributed by atoms with Gasteiger partial charge < -0.3 is 15.3 Å². The average Bonchev–Trinajstić information content (AvgIpc) is 2.45. The van der Waals surface area contributed by atoms with E-state index in [-0.39, 0.29) is 25.0 Å². The summed E-state index contributed by atoms with van der Waals surface area (Å²) in [5.74, 6) is 4.99. The van der Waals surface area contributed by atoms with Gasteiger partial charge in [0, 0.05) is 24.7 Å². The number of carbonyl (C=O) groups excluding carboxylic acids is 2. The summed E-state index contributed by atoms with van der Waals surface area (Å²) >= 11 is 0. The molecule has 0 fully saturated rings. The van der Waals surface area contributed by atoms with Crippen LogP contribution in [0.4, 0.5) is 0 Å². The number of benzene rings is 1. The van der Waals surface area contributed by atoms with Crippen LogP contribution >= 0.6 is 0 Å². The summed E-state index contributed by atoms with van der Waals surface area (Å²) in [4.78, 5) is 25.1. The van der Waals surface area contributed by atoms with E-state index in [9.17, 15) is 9.59 Å². The molecule has 1 rings (SSSR count). The van der Waals surface area contributed by atoms with Crippen LogP contribution in [-0.4, -0.2) is 48.6 Å². The molecule has 112 valence electrons. The van der Waals surface area contributed by atoms with Crippen LogP contribution in [0.3, 0.4) is 0 Å². The second-order valence-electron chi connectivity index (χ2n) is 4.60. The zero-order chi connectivity index (χ0) is 15.8. The molecule has 0 aliphatic rings. The van der Waals surface area contributed by atoms with Crippen molar-refractivity contribution in [2.45, 2.75) is 13.8 Å². The number of nitrogens with one attached hydrogen (secondary N) is 1. The Balaban J connectivity index is 2.83. The summed E-state index contributed by atoms with van der Waals surface area (Å²) in [5.41, 5.74) is 2.13. The molecular formula is C16H20N2O3. The number of aryl methyl sites for hydroxylation is 1. The van der Waals surface area contributed by atoms with Crippen LogP contribution in [0.2, 0.25) is 0 Å². The van der Waals surface area contributed by atoms with Gasteiger partial charge in [-0.05, 0) is 37.6 Å². The van der Waals surface area contributed by atoms with Gasteiger partial charge in [-0.25, -0.2) is 0 Å². The van der Waals surface area contributed by atoms with Crippen LogP contribution in [0.15, 0.2) is 18.2 Å². The topological polar surface area (TPSA) is 69.6 Å². The van der Waals surface area contributed by atoms with Crippen molar-refractivity contribution in [2.75, 3.05) is 26.7 Å². The molecule has 5 heteroatoms. The molecule has 0 unspecified atom stereocenters. The highest BCUT2D eigenvalue weighted by atomic mass is 16.2. The van der Waals surface area contributed by atoms with Crippen LogP contribution in [0.25, 0.3) is 0 Å². The minimum absolute atomic E-state index is 0.0256. The largest absolute Gasteiger partial charge is 0.384 e. The van der Waals surface area contributed by atoms with E-state index in [1.165, 1.54) is 4.90 Å². The van der Waals surface area contributed by atoms with E-state index < -0.39 is 0 Å². The molecule has 0 saturated heterocycles. The van der Waals surface area contributed by atoms with Crippen molar-refractivity contribution in [3.8, 4) is 11.8 Å². The lowest BCUT2D eigenvalue weighted by Crippen LogP contribution is -2.38. The number of likely N-dealkylation sites (N-methyl/N-ethyl adjacent to an activating group) is 2. The van der Waals surface area contributed by atoms with Gasteiger partial charge in [0.15, 0.2) is 0 Å². The number of rotatable bonds is 4. The third kappa shape index (κ3) is 4.93. The number of amides is 2. The summed E-state index contributed by atoms with van der Waals surface area (Å²) in [5, 5.41) is 11.3. The minimum Gasteiger partial charge on any atom is -0.384 e. The van der Waals surface area contributed by atoms with Gasteiger partial charge in [0.25, 0.3) is 5.91 Å². The highest BCUT2D eigenvalue weighted by Crippen LogP contribution is 2.11. The molecule has 0 aliphatic heterocycles. The highest BCUT2D eigenvalue weighted by molar-refractivity contribution is 5.96. The standard InChI is InChI=1S/C16H20N2O3/c1-4-17-15(20)11-18(3)16(21)14-8-7-13(6-5-9-19)12(2)10-14/h7-8,10,19H,4,9,11H2,1-3H3,(H,17,20). The maximum Gasteiger partial charge on any atom is 0.254 e. The second kappa shape index (κ2) is 8.08. The first-order chi connectivity index (χ1) is 9.99. The average molecular weight is 288 g/mol. The van der Waals surface area contributed by atoms with Gasteiger partial charge >= 0.3 is 0 Å². The van der Waals surface area contributed by atoms with Crippen LogP contribution in [0.1, 0.15) is 28.4 Å². The summed E-state index contributed by atoms with van der Waals surface area (Å²) in [7, 11) is 1.59. The van der Waals surface area contributed by atoms with E-state index in [2.05, 4.69) is 17.2 Å². The zero-order valence-electron chi connectivity index (χ0n) is 12.6. The summed E-state index contributed by atoms with van der Waals surface area (Å²) < 4.78 is 0. The SMILES string of the molecule is CCNC(=O)CN(C)C(=O)c1ccc(C#CCO)c(C)c1. The fourth-order valence-corrected chi connectivity index (χ4v) is 1.83. The first kappa shape index (κ1) is 16.7. The van der Waals surface area contributed by atoms with Crippen molar-refractivity contribution in [1.29, 1.82) is 0 Å². The predicted molar refractivity (Wildman–Crippen MR) is 80.8 cm³/mol. The fourth-order valence-electron chi connectivity index (χ4n) is 1.83. The van der Waals surface area contributed by atoms with E-state index in [0.29, 0.717) is 12.1 Å². The number of hydrogen-bond donors (Lipinski definition) is 2. The second-order valence-corrected chi connectivity index (χ2v) is 4.60. The maximum atomic E-state index is 12.2. The monoisotopic (exact) mass is 288 g/mol. The molecule has 2 N–H and O–H groups in total. The van der Waals surface area contributed by atoms with Gasteiger partial charge in [0.2, 0.25) is 5.91 Å². The Morgan fingerprint density at radius 1 is 1.38 bits per heavy atom. The van der Waals surface area contributed by atoms with Gasteiger partial charge in [-0.2, -0.15) is 0 Å². The van der Waals surface area contributed by atoms with Gasteiger partial charge in [-0.15, -0.1) is 0 Å². The van der Waals surface area contributed by atoms with E-state index in [1.807, 2.05) is 13.8 Å². The smallest absolute Gasteiger partial charge is 0.254 e. The van der Waals surface area contributed by atoms with Gasteiger partial charge in [-0.3, -0.25) is 9.59 Å². The Bertz CT molecular complexity index is 585. The third-order valence-corrected chi connectivity index (χ3v) is 2.88. The highest BCUT2D eigenvalue weighted by Gasteiger charge is 2.15. The van der Waals surface area contributed by atoms with Gasteiger partial charge in [0.1, 0.15) is 6.61 Å². The van der Waals surface area contributed by atoms with Crippen molar-refractivity contribution < 1.29 is 14.7 Å². The molecule has 0 saturated carbocycles. The molecule has 0 atom stereocenters. The first-order valence-corrected chi connectivity index (χ1v) is 6.72. The lowest BCUT2D eigenvalue weighted by atomic mass is 10.0. The predicted octanol–water partition coefficient (Wildman–Crippen LogP) is 0.547. The normalized spacial score (nSPS) is 9.52. The van der Waals surface area contributed by atoms with Gasteiger partial charge in [0.05, 0.1) is 6.54 Å². The maximum absolute atomic E-state index is 12.2. The van der Waals surface area contributed by atoms with E-state index in [1.54, 1.807) is 25.2 Å². The molecule has 0 aliphatic carbocycles. The molecule has 21 heavy (non-hydrogen) atoms. The van der Waals surface area contributed by atoms with Crippen LogP contribution < -0.4 is 5.32 Å². The van der Waals surface area contributed by atoms with E-state index >= 15 is 0 Å². The minimum atomic E-state index is -0.217. The van der Waals surface area contributed by atoms with Crippen molar-refractivity contribution in [3.05, 3.63) is 34.9 Å². The molecule has 0 radical (unpaired) electrons. The van der Waals surface area contributed by atoms with Crippen LogP contribution in [0, 0.1) is 18.8 Å². The Hall–Kier alpha value is -2.32. The summed E-state index contributed by atoms with van der Waals surface area (Å²) in [6.45, 7) is 4.04. The molecular weight excluding hydrogens is 268 g/mol. The summed E-state index contributed by atoms with van der Waals surface area (Å²) in [6, 6.07) is 5.15. The third-order valence-electron chi connectivity index (χ3n) is 2.88. The molecule has 1 aromatic carbocycles. The lowest BCUT2D eigenvalue weighted by molar-refractivity contribution is -0.121. The molecule has 0 bridgehead atoms. The van der Waals surface area contributed by atoms with Crippen molar-refractivity contribution in [3.63, 3.8) is 0 Å². The molecule has 0 heterocycles. The fraction of sp³-hybridized carbons (Fsp3) is 0.375. The Kier molecular flexibility index (Phi) is 6.44. The quantitative estimate of drug-likeness (QED) is 0.795. The van der Waals surface area contributed by atoms with Crippen LogP contribution in [-0.2, 0) is 4.79 Å². The van der Waals surface area contributed by atoms with Crippen molar-refractivity contribution in [2.24, 2.45) is 0 Å². The molecule has 2 amide bonds. The van der Waals surface area contributed by atoms with Crippen LogP contribution in [0.5, 0.6) is 0 Å². The molecule has 5 nitrogen and oxygen atoms in total.